The Morgan fingerprint density at radius 3 is 3.13 bits per heavy atom. The molecule has 3 heterocycles. The summed E-state index contributed by atoms with van der Waals surface area (Å²) in [5.41, 5.74) is 2.81. The molecule has 0 aliphatic carbocycles. The average Bonchev–Trinajstić information content (AvgIpc) is 2.99. The first-order valence-corrected chi connectivity index (χ1v) is 8.98. The van der Waals surface area contributed by atoms with E-state index >= 15 is 0 Å². The van der Waals surface area contributed by atoms with Crippen LogP contribution in [0.15, 0.2) is 18.2 Å². The van der Waals surface area contributed by atoms with Crippen molar-refractivity contribution in [1.82, 2.24) is 9.80 Å². The topological polar surface area (TPSA) is 35.9 Å². The average molecular weight is 316 g/mol. The molecule has 0 radical (unpaired) electrons. The fourth-order valence-electron chi connectivity index (χ4n) is 4.76. The molecule has 3 aliphatic heterocycles. The molecule has 0 saturated carbocycles. The molecule has 1 aromatic rings. The Morgan fingerprint density at radius 2 is 2.22 bits per heavy atom. The van der Waals surface area contributed by atoms with Crippen LogP contribution in [0.3, 0.4) is 0 Å². The van der Waals surface area contributed by atoms with Crippen molar-refractivity contribution in [2.75, 3.05) is 39.8 Å². The summed E-state index contributed by atoms with van der Waals surface area (Å²) in [6, 6.07) is 6.64. The number of hydrogen-bond donors (Lipinski definition) is 1. The second kappa shape index (κ2) is 6.08. The second-order valence-electron chi connectivity index (χ2n) is 7.76. The van der Waals surface area contributed by atoms with Gasteiger partial charge in [-0.15, -0.1) is 0 Å². The Balaban J connectivity index is 1.47. The normalized spacial score (nSPS) is 32.0. The highest BCUT2D eigenvalue weighted by Gasteiger charge is 2.44. The van der Waals surface area contributed by atoms with Crippen LogP contribution in [0.4, 0.5) is 0 Å². The predicted molar refractivity (Wildman–Crippen MR) is 90.7 cm³/mol. The first-order chi connectivity index (χ1) is 11.1. The minimum Gasteiger partial charge on any atom is -0.493 e. The monoisotopic (exact) mass is 316 g/mol. The van der Waals surface area contributed by atoms with Crippen molar-refractivity contribution >= 4 is 0 Å². The third-order valence-corrected chi connectivity index (χ3v) is 5.92. The number of ether oxygens (including phenoxy) is 1. The van der Waals surface area contributed by atoms with Crippen molar-refractivity contribution in [2.45, 2.75) is 38.3 Å². The minimum absolute atomic E-state index is 0.0745. The lowest BCUT2D eigenvalue weighted by atomic mass is 9.71. The maximum atomic E-state index is 10.6. The van der Waals surface area contributed by atoms with Crippen LogP contribution < -0.4 is 4.74 Å². The highest BCUT2D eigenvalue weighted by molar-refractivity contribution is 5.39. The largest absolute Gasteiger partial charge is 0.493 e. The van der Waals surface area contributed by atoms with Crippen LogP contribution in [0.2, 0.25) is 0 Å². The van der Waals surface area contributed by atoms with E-state index in [0.29, 0.717) is 0 Å². The van der Waals surface area contributed by atoms with Crippen molar-refractivity contribution in [3.8, 4) is 5.75 Å². The van der Waals surface area contributed by atoms with Gasteiger partial charge in [0.1, 0.15) is 5.75 Å². The minimum atomic E-state index is -0.144. The number of fused-ring (bicyclic) bond motifs is 1. The zero-order valence-corrected chi connectivity index (χ0v) is 14.1. The molecule has 23 heavy (non-hydrogen) atoms. The number of rotatable bonds is 2. The lowest BCUT2D eigenvalue weighted by Crippen LogP contribution is -2.58. The van der Waals surface area contributed by atoms with Crippen LogP contribution in [0.1, 0.15) is 30.4 Å². The summed E-state index contributed by atoms with van der Waals surface area (Å²) in [5, 5.41) is 10.6. The van der Waals surface area contributed by atoms with Gasteiger partial charge in [0.05, 0.1) is 12.7 Å². The highest BCUT2D eigenvalue weighted by Crippen LogP contribution is 2.39. The van der Waals surface area contributed by atoms with Crippen LogP contribution in [-0.2, 0) is 13.0 Å². The Bertz CT molecular complexity index is 576. The molecule has 1 spiro atoms. The number of benzene rings is 1. The Morgan fingerprint density at radius 1 is 1.30 bits per heavy atom. The molecular weight excluding hydrogens is 288 g/mol. The molecule has 2 atom stereocenters. The summed E-state index contributed by atoms with van der Waals surface area (Å²) >= 11 is 0. The van der Waals surface area contributed by atoms with Gasteiger partial charge in [0, 0.05) is 38.0 Å². The first-order valence-electron chi connectivity index (χ1n) is 8.98. The van der Waals surface area contributed by atoms with E-state index in [1.165, 1.54) is 17.5 Å². The Kier molecular flexibility index (Phi) is 4.08. The van der Waals surface area contributed by atoms with Crippen LogP contribution in [0.5, 0.6) is 5.75 Å². The van der Waals surface area contributed by atoms with Gasteiger partial charge in [-0.05, 0) is 50.0 Å². The van der Waals surface area contributed by atoms with Crippen LogP contribution in [0, 0.1) is 5.41 Å². The fourth-order valence-corrected chi connectivity index (χ4v) is 4.76. The van der Waals surface area contributed by atoms with Crippen LogP contribution in [0.25, 0.3) is 0 Å². The van der Waals surface area contributed by atoms with Crippen molar-refractivity contribution in [2.24, 2.45) is 5.41 Å². The summed E-state index contributed by atoms with van der Waals surface area (Å²) in [6.45, 7) is 6.03. The molecule has 0 unspecified atom stereocenters. The number of nitrogens with zero attached hydrogens (tertiary/aromatic N) is 2. The molecule has 4 heteroatoms. The molecule has 0 aromatic heterocycles. The second-order valence-corrected chi connectivity index (χ2v) is 7.76. The van der Waals surface area contributed by atoms with Gasteiger partial charge in [-0.2, -0.15) is 0 Å². The highest BCUT2D eigenvalue weighted by atomic mass is 16.5. The third kappa shape index (κ3) is 3.00. The molecule has 2 saturated heterocycles. The molecule has 0 amide bonds. The summed E-state index contributed by atoms with van der Waals surface area (Å²) in [6.07, 6.45) is 4.17. The van der Waals surface area contributed by atoms with Gasteiger partial charge in [0.2, 0.25) is 0 Å². The lowest BCUT2D eigenvalue weighted by molar-refractivity contribution is -0.0807. The molecular formula is C19H28N2O2. The Labute approximate surface area is 139 Å². The molecule has 126 valence electrons. The molecule has 3 aliphatic rings. The van der Waals surface area contributed by atoms with E-state index < -0.39 is 0 Å². The maximum absolute atomic E-state index is 10.6. The van der Waals surface area contributed by atoms with Gasteiger partial charge in [0.25, 0.3) is 0 Å². The van der Waals surface area contributed by atoms with E-state index in [-0.39, 0.29) is 11.5 Å². The van der Waals surface area contributed by atoms with Crippen LogP contribution in [-0.4, -0.2) is 60.8 Å². The summed E-state index contributed by atoms with van der Waals surface area (Å²) in [4.78, 5) is 4.94. The maximum Gasteiger partial charge on any atom is 0.122 e. The van der Waals surface area contributed by atoms with Gasteiger partial charge in [-0.3, -0.25) is 4.90 Å². The summed E-state index contributed by atoms with van der Waals surface area (Å²) in [7, 11) is 2.19. The first kappa shape index (κ1) is 15.4. The zero-order valence-electron chi connectivity index (χ0n) is 14.1. The van der Waals surface area contributed by atoms with Crippen molar-refractivity contribution in [3.05, 3.63) is 29.3 Å². The summed E-state index contributed by atoms with van der Waals surface area (Å²) in [5.74, 6) is 1.06. The Hall–Kier alpha value is -1.10. The quantitative estimate of drug-likeness (QED) is 0.904. The SMILES string of the molecule is CN1CC[C@H](O)[C@@]2(CCCN(Cc3ccc4c(c3)CCO4)C2)C1. The van der Waals surface area contributed by atoms with E-state index in [2.05, 4.69) is 35.0 Å². The standard InChI is InChI=1S/C19H28N2O2/c1-20-9-5-18(22)19(13-20)7-2-8-21(14-19)12-15-3-4-17-16(11-15)6-10-23-17/h3-4,11,18,22H,2,5-10,12-14H2,1H3/t18-,19-/m0/s1. The van der Waals surface area contributed by atoms with E-state index in [1.54, 1.807) is 0 Å². The smallest absolute Gasteiger partial charge is 0.122 e. The van der Waals surface area contributed by atoms with Crippen molar-refractivity contribution in [3.63, 3.8) is 0 Å². The summed E-state index contributed by atoms with van der Waals surface area (Å²) < 4.78 is 5.61. The van der Waals surface area contributed by atoms with Gasteiger partial charge in [-0.1, -0.05) is 12.1 Å². The van der Waals surface area contributed by atoms with Gasteiger partial charge in [0.15, 0.2) is 0 Å². The van der Waals surface area contributed by atoms with Gasteiger partial charge >= 0.3 is 0 Å². The third-order valence-electron chi connectivity index (χ3n) is 5.92. The van der Waals surface area contributed by atoms with Crippen molar-refractivity contribution < 1.29 is 9.84 Å². The molecule has 1 aromatic carbocycles. The van der Waals surface area contributed by atoms with Gasteiger partial charge < -0.3 is 14.7 Å². The molecule has 2 fully saturated rings. The van der Waals surface area contributed by atoms with E-state index in [1.807, 2.05) is 0 Å². The number of piperidine rings is 2. The van der Waals surface area contributed by atoms with E-state index in [9.17, 15) is 5.11 Å². The van der Waals surface area contributed by atoms with Crippen molar-refractivity contribution in [1.29, 1.82) is 0 Å². The molecule has 1 N–H and O–H groups in total. The molecule has 0 bridgehead atoms. The van der Waals surface area contributed by atoms with Gasteiger partial charge in [-0.25, -0.2) is 0 Å². The van der Waals surface area contributed by atoms with E-state index in [4.69, 9.17) is 4.74 Å². The molecule has 4 nitrogen and oxygen atoms in total. The fraction of sp³-hybridized carbons (Fsp3) is 0.684. The number of aliphatic hydroxyl groups excluding tert-OH is 1. The predicted octanol–water partition coefficient (Wildman–Crippen LogP) is 1.90. The van der Waals surface area contributed by atoms with E-state index in [0.717, 1.165) is 64.3 Å². The number of hydrogen-bond acceptors (Lipinski definition) is 4. The number of aliphatic hydroxyl groups is 1. The number of likely N-dealkylation sites (tertiary alicyclic amines) is 2. The molecule has 4 rings (SSSR count). The van der Waals surface area contributed by atoms with Crippen LogP contribution >= 0.6 is 0 Å². The lowest BCUT2D eigenvalue weighted by Gasteiger charge is -2.50. The zero-order chi connectivity index (χ0) is 15.9.